The lowest BCUT2D eigenvalue weighted by atomic mass is 10.0. The second-order valence-corrected chi connectivity index (χ2v) is 6.62. The number of hydrogen-bond donors (Lipinski definition) is 2. The fourth-order valence-corrected chi connectivity index (χ4v) is 2.55. The molecule has 29 heavy (non-hydrogen) atoms. The van der Waals surface area contributed by atoms with Crippen LogP contribution in [0, 0.1) is 5.92 Å². The Kier molecular flexibility index (Phi) is 7.08. The van der Waals surface area contributed by atoms with Crippen LogP contribution in [0.3, 0.4) is 0 Å². The summed E-state index contributed by atoms with van der Waals surface area (Å²) in [5.41, 5.74) is 6.89. The third-order valence-corrected chi connectivity index (χ3v) is 3.91. The number of rotatable bonds is 6. The molecule has 0 heterocycles. The summed E-state index contributed by atoms with van der Waals surface area (Å²) in [6.07, 6.45) is -1.15. The van der Waals surface area contributed by atoms with E-state index < -0.39 is 30.0 Å². The Morgan fingerprint density at radius 2 is 1.41 bits per heavy atom. The van der Waals surface area contributed by atoms with E-state index in [2.05, 4.69) is 0 Å². The van der Waals surface area contributed by atoms with Crippen LogP contribution in [-0.4, -0.2) is 30.0 Å². The van der Waals surface area contributed by atoms with Gasteiger partial charge in [0.2, 0.25) is 0 Å². The van der Waals surface area contributed by atoms with E-state index in [1.54, 1.807) is 62.4 Å². The number of carbonyl (C=O) groups excluding carboxylic acids is 4. The molecule has 2 rings (SSSR count). The van der Waals surface area contributed by atoms with Gasteiger partial charge in [0, 0.05) is 6.92 Å². The first-order valence-corrected chi connectivity index (χ1v) is 8.87. The first-order chi connectivity index (χ1) is 13.7. The van der Waals surface area contributed by atoms with Crippen molar-refractivity contribution in [2.45, 2.75) is 26.9 Å². The highest BCUT2D eigenvalue weighted by Crippen LogP contribution is 2.23. The van der Waals surface area contributed by atoms with Crippen LogP contribution in [0.2, 0.25) is 0 Å². The Morgan fingerprint density at radius 3 is 1.86 bits per heavy atom. The van der Waals surface area contributed by atoms with E-state index >= 15 is 0 Å². The molecule has 0 unspecified atom stereocenters. The van der Waals surface area contributed by atoms with Crippen molar-refractivity contribution in [3.05, 3.63) is 54.1 Å². The summed E-state index contributed by atoms with van der Waals surface area (Å²) in [5.74, 6) is -1.78. The van der Waals surface area contributed by atoms with Crippen molar-refractivity contribution >= 4 is 23.9 Å². The first kappa shape index (κ1) is 21.6. The Bertz CT molecular complexity index is 904. The van der Waals surface area contributed by atoms with Crippen molar-refractivity contribution in [2.24, 2.45) is 11.7 Å². The van der Waals surface area contributed by atoms with Gasteiger partial charge in [-0.25, -0.2) is 9.59 Å². The summed E-state index contributed by atoms with van der Waals surface area (Å²) in [6.45, 7) is 4.69. The molecule has 0 radical (unpaired) electrons. The summed E-state index contributed by atoms with van der Waals surface area (Å²) in [4.78, 5) is 46.2. The number of amides is 3. The van der Waals surface area contributed by atoms with E-state index in [1.807, 2.05) is 5.32 Å². The standard InChI is InChI=1S/C21H22N2O6/c1-12(2)18(19(25)23-21(22)27)29-20(26)16-6-4-14(5-7-16)15-8-10-17(11-9-15)28-13(3)24/h4-12,18H,1-3H3,(H3,22,23,25,27)/t18-/m1/s1. The smallest absolute Gasteiger partial charge is 0.338 e. The van der Waals surface area contributed by atoms with Gasteiger partial charge in [0.1, 0.15) is 5.75 Å². The van der Waals surface area contributed by atoms with Crippen molar-refractivity contribution in [1.82, 2.24) is 5.32 Å². The molecule has 0 aliphatic rings. The van der Waals surface area contributed by atoms with Crippen LogP contribution in [0.25, 0.3) is 11.1 Å². The maximum absolute atomic E-state index is 12.4. The SMILES string of the molecule is CC(=O)Oc1ccc(-c2ccc(C(=O)O[C@@H](C(=O)NC(N)=O)C(C)C)cc2)cc1. The molecule has 0 bridgehead atoms. The molecule has 3 N–H and O–H groups in total. The van der Waals surface area contributed by atoms with Gasteiger partial charge in [0.15, 0.2) is 6.10 Å². The molecule has 0 saturated carbocycles. The average Bonchev–Trinajstić information content (AvgIpc) is 2.65. The van der Waals surface area contributed by atoms with E-state index in [1.165, 1.54) is 6.92 Å². The number of nitrogens with two attached hydrogens (primary N) is 1. The molecule has 2 aromatic carbocycles. The topological polar surface area (TPSA) is 125 Å². The lowest BCUT2D eigenvalue weighted by molar-refractivity contribution is -0.132. The molecular weight excluding hydrogens is 376 g/mol. The molecular formula is C21H22N2O6. The zero-order chi connectivity index (χ0) is 21.6. The highest BCUT2D eigenvalue weighted by molar-refractivity contribution is 5.98. The van der Waals surface area contributed by atoms with Gasteiger partial charge in [0.25, 0.3) is 5.91 Å². The van der Waals surface area contributed by atoms with E-state index in [-0.39, 0.29) is 11.5 Å². The van der Waals surface area contributed by atoms with Crippen molar-refractivity contribution < 1.29 is 28.7 Å². The predicted octanol–water partition coefficient (Wildman–Crippen LogP) is 2.66. The number of urea groups is 1. The molecule has 0 spiro atoms. The number of imide groups is 1. The summed E-state index contributed by atoms with van der Waals surface area (Å²) >= 11 is 0. The summed E-state index contributed by atoms with van der Waals surface area (Å²) < 4.78 is 10.2. The molecule has 2 aromatic rings. The number of carbonyl (C=O) groups is 4. The van der Waals surface area contributed by atoms with Gasteiger partial charge in [-0.05, 0) is 41.3 Å². The summed E-state index contributed by atoms with van der Waals surface area (Å²) in [7, 11) is 0. The highest BCUT2D eigenvalue weighted by atomic mass is 16.5. The first-order valence-electron chi connectivity index (χ1n) is 8.87. The fourth-order valence-electron chi connectivity index (χ4n) is 2.55. The molecule has 8 nitrogen and oxygen atoms in total. The van der Waals surface area contributed by atoms with Crippen molar-refractivity contribution in [1.29, 1.82) is 0 Å². The van der Waals surface area contributed by atoms with Crippen LogP contribution in [-0.2, 0) is 14.3 Å². The number of esters is 2. The number of hydrogen-bond acceptors (Lipinski definition) is 6. The van der Waals surface area contributed by atoms with Crippen molar-refractivity contribution in [3.63, 3.8) is 0 Å². The Morgan fingerprint density at radius 1 is 0.897 bits per heavy atom. The van der Waals surface area contributed by atoms with Gasteiger partial charge in [-0.3, -0.25) is 14.9 Å². The highest BCUT2D eigenvalue weighted by Gasteiger charge is 2.27. The largest absolute Gasteiger partial charge is 0.448 e. The molecule has 0 aromatic heterocycles. The minimum absolute atomic E-state index is 0.253. The lowest BCUT2D eigenvalue weighted by Crippen LogP contribution is -2.45. The molecule has 152 valence electrons. The molecule has 0 saturated heterocycles. The normalized spacial score (nSPS) is 11.4. The fraction of sp³-hybridized carbons (Fsp3) is 0.238. The van der Waals surface area contributed by atoms with Crippen molar-refractivity contribution in [3.8, 4) is 16.9 Å². The lowest BCUT2D eigenvalue weighted by Gasteiger charge is -2.19. The number of ether oxygens (including phenoxy) is 2. The summed E-state index contributed by atoms with van der Waals surface area (Å²) in [6, 6.07) is 12.5. The Balaban J connectivity index is 2.10. The van der Waals surface area contributed by atoms with E-state index in [0.717, 1.165) is 11.1 Å². The Labute approximate surface area is 168 Å². The molecule has 0 fully saturated rings. The van der Waals surface area contributed by atoms with Gasteiger partial charge >= 0.3 is 18.0 Å². The maximum atomic E-state index is 12.4. The second kappa shape index (κ2) is 9.50. The quantitative estimate of drug-likeness (QED) is 0.569. The van der Waals surface area contributed by atoms with Gasteiger partial charge in [-0.2, -0.15) is 0 Å². The van der Waals surface area contributed by atoms with Gasteiger partial charge in [-0.15, -0.1) is 0 Å². The second-order valence-electron chi connectivity index (χ2n) is 6.62. The van der Waals surface area contributed by atoms with Crippen LogP contribution in [0.1, 0.15) is 31.1 Å². The number of nitrogens with one attached hydrogen (secondary N) is 1. The molecule has 3 amide bonds. The van der Waals surface area contributed by atoms with Gasteiger partial charge < -0.3 is 15.2 Å². The minimum atomic E-state index is -1.15. The molecule has 8 heteroatoms. The van der Waals surface area contributed by atoms with E-state index in [4.69, 9.17) is 15.2 Å². The van der Waals surface area contributed by atoms with Crippen LogP contribution in [0.5, 0.6) is 5.75 Å². The van der Waals surface area contributed by atoms with Gasteiger partial charge in [0.05, 0.1) is 5.56 Å². The third-order valence-electron chi connectivity index (χ3n) is 3.91. The van der Waals surface area contributed by atoms with Crippen LogP contribution < -0.4 is 15.8 Å². The minimum Gasteiger partial charge on any atom is -0.448 e. The molecule has 1 atom stereocenters. The zero-order valence-corrected chi connectivity index (χ0v) is 16.3. The van der Waals surface area contributed by atoms with Crippen LogP contribution in [0.15, 0.2) is 48.5 Å². The predicted molar refractivity (Wildman–Crippen MR) is 105 cm³/mol. The maximum Gasteiger partial charge on any atom is 0.338 e. The third kappa shape index (κ3) is 6.17. The number of benzene rings is 2. The van der Waals surface area contributed by atoms with E-state index in [9.17, 15) is 19.2 Å². The van der Waals surface area contributed by atoms with E-state index in [0.29, 0.717) is 5.75 Å². The average molecular weight is 398 g/mol. The summed E-state index contributed by atoms with van der Waals surface area (Å²) in [5, 5.41) is 1.92. The zero-order valence-electron chi connectivity index (χ0n) is 16.3. The molecule has 0 aliphatic heterocycles. The monoisotopic (exact) mass is 398 g/mol. The Hall–Kier alpha value is -3.68. The number of primary amides is 1. The molecule has 0 aliphatic carbocycles. The van der Waals surface area contributed by atoms with Gasteiger partial charge in [-0.1, -0.05) is 38.1 Å². The van der Waals surface area contributed by atoms with Crippen molar-refractivity contribution in [2.75, 3.05) is 0 Å². The van der Waals surface area contributed by atoms with Crippen LogP contribution >= 0.6 is 0 Å². The van der Waals surface area contributed by atoms with Crippen LogP contribution in [0.4, 0.5) is 4.79 Å².